The molecule has 0 saturated carbocycles. The molecule has 7 heteroatoms. The van der Waals surface area contributed by atoms with E-state index in [-0.39, 0.29) is 0 Å². The van der Waals surface area contributed by atoms with Crippen molar-refractivity contribution in [3.05, 3.63) is 36.0 Å². The van der Waals surface area contributed by atoms with Gasteiger partial charge in [0, 0.05) is 64.6 Å². The molecule has 0 radical (unpaired) electrons. The van der Waals surface area contributed by atoms with E-state index in [0.29, 0.717) is 25.0 Å². The van der Waals surface area contributed by atoms with Gasteiger partial charge >= 0.3 is 0 Å². The fourth-order valence-electron chi connectivity index (χ4n) is 4.59. The second kappa shape index (κ2) is 7.20. The van der Waals surface area contributed by atoms with E-state index in [9.17, 15) is 8.42 Å². The molecule has 3 aliphatic rings. The maximum absolute atomic E-state index is 12.6. The Morgan fingerprint density at radius 2 is 1.93 bits per heavy atom. The van der Waals surface area contributed by atoms with Crippen molar-refractivity contribution in [1.29, 1.82) is 0 Å². The molecule has 6 nitrogen and oxygen atoms in total. The summed E-state index contributed by atoms with van der Waals surface area (Å²) < 4.78 is 30.6. The summed E-state index contributed by atoms with van der Waals surface area (Å²) in [6, 6.07) is 9.18. The van der Waals surface area contributed by atoms with E-state index in [1.807, 2.05) is 0 Å². The number of hydrogen-bond donors (Lipinski definition) is 0. The Morgan fingerprint density at radius 3 is 2.67 bits per heavy atom. The first-order valence-electron chi connectivity index (χ1n) is 9.88. The highest BCUT2D eigenvalue weighted by atomic mass is 32.2. The minimum absolute atomic E-state index is 0.298. The quantitative estimate of drug-likeness (QED) is 0.788. The highest BCUT2D eigenvalue weighted by Gasteiger charge is 2.39. The summed E-state index contributed by atoms with van der Waals surface area (Å²) in [4.78, 5) is 2.50. The van der Waals surface area contributed by atoms with Gasteiger partial charge in [-0.1, -0.05) is 12.1 Å². The van der Waals surface area contributed by atoms with Gasteiger partial charge < -0.3 is 4.57 Å². The van der Waals surface area contributed by atoms with Crippen LogP contribution in [0.2, 0.25) is 0 Å². The van der Waals surface area contributed by atoms with Crippen LogP contribution in [-0.2, 0) is 23.3 Å². The summed E-state index contributed by atoms with van der Waals surface area (Å²) in [6.07, 6.45) is 4.35. The van der Waals surface area contributed by atoms with Gasteiger partial charge in [-0.05, 0) is 48.8 Å². The number of piperidine rings is 1. The van der Waals surface area contributed by atoms with Crippen molar-refractivity contribution in [1.82, 2.24) is 18.1 Å². The Kier molecular flexibility index (Phi) is 5.05. The third kappa shape index (κ3) is 3.53. The van der Waals surface area contributed by atoms with Gasteiger partial charge in [0.1, 0.15) is 0 Å². The molecule has 2 aromatic rings. The molecule has 0 unspecified atom stereocenters. The van der Waals surface area contributed by atoms with Gasteiger partial charge in [0.05, 0.1) is 0 Å². The molecule has 5 rings (SSSR count). The molecule has 1 aromatic carbocycles. The van der Waals surface area contributed by atoms with E-state index in [1.54, 1.807) is 18.4 Å². The van der Waals surface area contributed by atoms with Gasteiger partial charge in [-0.3, -0.25) is 4.90 Å². The first kappa shape index (κ1) is 18.9. The fourth-order valence-corrected chi connectivity index (χ4v) is 5.81. The van der Waals surface area contributed by atoms with Gasteiger partial charge in [0.25, 0.3) is 10.2 Å². The molecular formula is C20H30N4O2S. The molecule has 4 heterocycles. The lowest BCUT2D eigenvalue weighted by molar-refractivity contribution is 0.125. The van der Waals surface area contributed by atoms with Crippen LogP contribution in [0.3, 0.4) is 0 Å². The number of hydrogen-bond acceptors (Lipinski definition) is 3. The first-order chi connectivity index (χ1) is 12.9. The second-order valence-electron chi connectivity index (χ2n) is 8.13. The maximum Gasteiger partial charge on any atom is 0.281 e. The smallest absolute Gasteiger partial charge is 0.281 e. The van der Waals surface area contributed by atoms with Crippen LogP contribution >= 0.6 is 0 Å². The van der Waals surface area contributed by atoms with Gasteiger partial charge in [-0.25, -0.2) is 0 Å². The molecule has 0 N–H and O–H groups in total. The summed E-state index contributed by atoms with van der Waals surface area (Å²) in [5.74, 6) is 0.418. The van der Waals surface area contributed by atoms with Crippen molar-refractivity contribution < 1.29 is 8.42 Å². The van der Waals surface area contributed by atoms with Crippen LogP contribution in [-0.4, -0.2) is 66.3 Å². The molecule has 2 bridgehead atoms. The van der Waals surface area contributed by atoms with Gasteiger partial charge in [0.2, 0.25) is 0 Å². The normalized spacial score (nSPS) is 24.7. The monoisotopic (exact) mass is 390 g/mol. The van der Waals surface area contributed by atoms with Crippen molar-refractivity contribution in [2.24, 2.45) is 5.92 Å². The first-order valence-corrected chi connectivity index (χ1v) is 11.3. The number of nitrogens with zero attached hydrogens (tertiary/aromatic N) is 4. The molecule has 1 aromatic heterocycles. The van der Waals surface area contributed by atoms with Crippen LogP contribution in [0.4, 0.5) is 0 Å². The standard InChI is InChI=1S/C20H30N4O2S/c1-4-22-10-9-18-7-5-16(11-20(18)22)12-23-13-17-6-8-19(23)15-24(14-17)27(25,26)21(2)3/h5,7,9-11,17,19H,4,6,8,12-15H2,1-3H3/t17-,19-/m0/s1. The zero-order valence-corrected chi connectivity index (χ0v) is 17.3. The lowest BCUT2D eigenvalue weighted by Crippen LogP contribution is -2.45. The van der Waals surface area contributed by atoms with Crippen LogP contribution in [0.1, 0.15) is 25.3 Å². The van der Waals surface area contributed by atoms with E-state index in [4.69, 9.17) is 0 Å². The predicted molar refractivity (Wildman–Crippen MR) is 109 cm³/mol. The van der Waals surface area contributed by atoms with Gasteiger partial charge in [0.15, 0.2) is 0 Å². The molecule has 3 aliphatic heterocycles. The summed E-state index contributed by atoms with van der Waals surface area (Å²) in [5.41, 5.74) is 2.59. The Labute approximate surface area is 162 Å². The van der Waals surface area contributed by atoms with Crippen LogP contribution in [0.15, 0.2) is 30.5 Å². The predicted octanol–water partition coefficient (Wildman–Crippen LogP) is 2.36. The average Bonchev–Trinajstić information content (AvgIpc) is 2.81. The second-order valence-corrected chi connectivity index (χ2v) is 10.3. The van der Waals surface area contributed by atoms with E-state index in [2.05, 4.69) is 46.9 Å². The number of rotatable bonds is 5. The Balaban J connectivity index is 1.55. The van der Waals surface area contributed by atoms with E-state index in [1.165, 1.54) is 20.8 Å². The zero-order chi connectivity index (χ0) is 19.2. The van der Waals surface area contributed by atoms with E-state index in [0.717, 1.165) is 32.5 Å². The van der Waals surface area contributed by atoms with Crippen molar-refractivity contribution in [3.63, 3.8) is 0 Å². The van der Waals surface area contributed by atoms with E-state index >= 15 is 0 Å². The topological polar surface area (TPSA) is 48.8 Å². The lowest BCUT2D eigenvalue weighted by atomic mass is 9.94. The Morgan fingerprint density at radius 1 is 1.11 bits per heavy atom. The Hall–Kier alpha value is -1.41. The molecule has 0 spiro atoms. The number of fused-ring (bicyclic) bond motifs is 5. The summed E-state index contributed by atoms with van der Waals surface area (Å²) >= 11 is 0. The molecule has 3 fully saturated rings. The maximum atomic E-state index is 12.6. The fraction of sp³-hybridized carbons (Fsp3) is 0.600. The van der Waals surface area contributed by atoms with Gasteiger partial charge in [-0.2, -0.15) is 17.0 Å². The largest absolute Gasteiger partial charge is 0.348 e. The molecule has 148 valence electrons. The minimum atomic E-state index is -3.34. The minimum Gasteiger partial charge on any atom is -0.348 e. The van der Waals surface area contributed by atoms with Gasteiger partial charge in [-0.15, -0.1) is 0 Å². The number of benzene rings is 1. The summed E-state index contributed by atoms with van der Waals surface area (Å²) in [7, 11) is -0.0931. The highest BCUT2D eigenvalue weighted by Crippen LogP contribution is 2.31. The molecule has 3 saturated heterocycles. The summed E-state index contributed by atoms with van der Waals surface area (Å²) in [6.45, 7) is 6.26. The molecule has 0 amide bonds. The van der Waals surface area contributed by atoms with Crippen molar-refractivity contribution in [2.75, 3.05) is 33.7 Å². The molecule has 2 atom stereocenters. The van der Waals surface area contributed by atoms with Crippen LogP contribution in [0.25, 0.3) is 10.9 Å². The third-order valence-corrected chi connectivity index (χ3v) is 8.02. The van der Waals surface area contributed by atoms with Crippen molar-refractivity contribution in [3.8, 4) is 0 Å². The zero-order valence-electron chi connectivity index (χ0n) is 16.5. The molecule has 0 aliphatic carbocycles. The number of aryl methyl sites for hydroxylation is 1. The average molecular weight is 391 g/mol. The SMILES string of the molecule is CCn1ccc2ccc(CN3C[C@@H]4CC[C@H]3CN(S(=O)(=O)N(C)C)C4)cc21. The lowest BCUT2D eigenvalue weighted by Gasteiger charge is -2.36. The highest BCUT2D eigenvalue weighted by molar-refractivity contribution is 7.86. The number of aromatic nitrogens is 1. The van der Waals surface area contributed by atoms with Crippen LogP contribution in [0, 0.1) is 5.92 Å². The Bertz CT molecular complexity index is 921. The van der Waals surface area contributed by atoms with Crippen LogP contribution in [0.5, 0.6) is 0 Å². The summed E-state index contributed by atoms with van der Waals surface area (Å²) in [5, 5.41) is 1.28. The van der Waals surface area contributed by atoms with Crippen LogP contribution < -0.4 is 0 Å². The van der Waals surface area contributed by atoms with Crippen molar-refractivity contribution in [2.45, 2.75) is 38.9 Å². The van der Waals surface area contributed by atoms with Crippen molar-refractivity contribution >= 4 is 21.1 Å². The molecule has 27 heavy (non-hydrogen) atoms. The third-order valence-electron chi connectivity index (χ3n) is 6.15. The van der Waals surface area contributed by atoms with E-state index < -0.39 is 10.2 Å². The molecular weight excluding hydrogens is 360 g/mol.